The van der Waals surface area contributed by atoms with E-state index < -0.39 is 22.7 Å². The Balaban J connectivity index is 2.60. The van der Waals surface area contributed by atoms with Gasteiger partial charge in [-0.15, -0.1) is 0 Å². The fourth-order valence-corrected chi connectivity index (χ4v) is 1.03. The summed E-state index contributed by atoms with van der Waals surface area (Å²) < 4.78 is 0. The number of anilines is 1. The third-order valence-electron chi connectivity index (χ3n) is 1.61. The highest BCUT2D eigenvalue weighted by atomic mass is 16.5. The number of carbonyl (C=O) groups is 2. The number of hydrogen-bond acceptors (Lipinski definition) is 4. The molecule has 2 rings (SSSR count). The number of rotatable bonds is 0. The zero-order valence-electron chi connectivity index (χ0n) is 6.13. The van der Waals surface area contributed by atoms with Gasteiger partial charge in [-0.2, -0.15) is 0 Å². The van der Waals surface area contributed by atoms with Crippen molar-refractivity contribution in [2.45, 2.75) is 0 Å². The molecule has 1 unspecified atom stereocenters. The van der Waals surface area contributed by atoms with Gasteiger partial charge in [0.1, 0.15) is 0 Å². The van der Waals surface area contributed by atoms with E-state index in [2.05, 4.69) is 15.3 Å². The first kappa shape index (κ1) is 7.71. The molecule has 8 heteroatoms. The second-order valence-corrected chi connectivity index (χ2v) is 2.44. The van der Waals surface area contributed by atoms with E-state index in [-0.39, 0.29) is 11.5 Å². The van der Waals surface area contributed by atoms with E-state index in [1.807, 2.05) is 0 Å². The number of aromatic amines is 2. The number of imide groups is 1. The fourth-order valence-electron chi connectivity index (χ4n) is 1.03. The Bertz CT molecular complexity index is 444. The Labute approximate surface area is 70.1 Å². The molecular weight excluding hydrogens is 180 g/mol. The number of H-pyrrole nitrogens is 2. The van der Waals surface area contributed by atoms with E-state index in [1.54, 1.807) is 0 Å². The van der Waals surface area contributed by atoms with Crippen molar-refractivity contribution in [3.63, 3.8) is 0 Å². The van der Waals surface area contributed by atoms with Crippen molar-refractivity contribution in [3.05, 3.63) is 21.4 Å². The van der Waals surface area contributed by atoms with Crippen molar-refractivity contribution in [2.75, 3.05) is 5.32 Å². The van der Waals surface area contributed by atoms with Crippen molar-refractivity contribution < 1.29 is 14.7 Å². The van der Waals surface area contributed by atoms with Crippen LogP contribution in [0.25, 0.3) is 0 Å². The van der Waals surface area contributed by atoms with E-state index in [4.69, 9.17) is 0 Å². The van der Waals surface area contributed by atoms with Gasteiger partial charge >= 0.3 is 17.6 Å². The van der Waals surface area contributed by atoms with E-state index >= 15 is 0 Å². The van der Waals surface area contributed by atoms with Gasteiger partial charge in [0.05, 0.1) is 0 Å². The standard InChI is InChI=1S/C5H4N4O4/c10-3-1-2(7-4(11)6-1)8-5(12)9(3)13/h9H,(H,8,12)(H2,6,7,11). The molecule has 68 valence electrons. The maximum absolute atomic E-state index is 11.0. The van der Waals surface area contributed by atoms with Crippen LogP contribution in [-0.2, 0) is 0 Å². The summed E-state index contributed by atoms with van der Waals surface area (Å²) in [6, 6.07) is -1.03. The average Bonchev–Trinajstić information content (AvgIpc) is 2.42. The first-order chi connectivity index (χ1) is 6.09. The lowest BCUT2D eigenvalue weighted by molar-refractivity contribution is -0.660. The van der Waals surface area contributed by atoms with Gasteiger partial charge in [-0.05, 0) is 0 Å². The number of carbonyl (C=O) groups excluding carboxylic acids is 2. The summed E-state index contributed by atoms with van der Waals surface area (Å²) in [5, 5.41) is 11.7. The molecule has 0 fully saturated rings. The van der Waals surface area contributed by atoms with Crippen LogP contribution in [0.5, 0.6) is 0 Å². The van der Waals surface area contributed by atoms with Gasteiger partial charge in [0, 0.05) is 0 Å². The minimum absolute atomic E-state index is 0.0559. The zero-order valence-corrected chi connectivity index (χ0v) is 6.13. The predicted molar refractivity (Wildman–Crippen MR) is 39.1 cm³/mol. The van der Waals surface area contributed by atoms with Crippen LogP contribution in [-0.4, -0.2) is 21.9 Å². The van der Waals surface area contributed by atoms with Crippen molar-refractivity contribution >= 4 is 17.8 Å². The Morgan fingerprint density at radius 2 is 1.85 bits per heavy atom. The molecule has 1 aromatic rings. The number of nitrogens with one attached hydrogen (secondary N) is 4. The van der Waals surface area contributed by atoms with Crippen LogP contribution in [0, 0.1) is 5.21 Å². The monoisotopic (exact) mass is 184 g/mol. The zero-order chi connectivity index (χ0) is 9.59. The van der Waals surface area contributed by atoms with Crippen LogP contribution in [0.2, 0.25) is 0 Å². The number of quaternary nitrogens is 1. The van der Waals surface area contributed by atoms with Crippen LogP contribution in [0.3, 0.4) is 0 Å². The lowest BCUT2D eigenvalue weighted by atomic mass is 10.3. The fraction of sp³-hybridized carbons (Fsp3) is 0. The summed E-state index contributed by atoms with van der Waals surface area (Å²) in [6.45, 7) is 0. The predicted octanol–water partition coefficient (Wildman–Crippen LogP) is -2.23. The van der Waals surface area contributed by atoms with Crippen LogP contribution >= 0.6 is 0 Å². The lowest BCUT2D eigenvalue weighted by Gasteiger charge is -2.20. The van der Waals surface area contributed by atoms with Gasteiger partial charge in [-0.3, -0.25) is 15.3 Å². The number of urea groups is 1. The minimum Gasteiger partial charge on any atom is -0.617 e. The van der Waals surface area contributed by atoms with Crippen LogP contribution in [0.15, 0.2) is 4.79 Å². The Morgan fingerprint density at radius 1 is 1.15 bits per heavy atom. The van der Waals surface area contributed by atoms with Crippen LogP contribution < -0.4 is 16.1 Å². The van der Waals surface area contributed by atoms with Gasteiger partial charge in [0.15, 0.2) is 11.5 Å². The number of amides is 3. The molecule has 0 radical (unpaired) electrons. The molecule has 0 aromatic carbocycles. The first-order valence-corrected chi connectivity index (χ1v) is 3.32. The molecule has 1 atom stereocenters. The molecule has 0 saturated carbocycles. The van der Waals surface area contributed by atoms with Crippen LogP contribution in [0.4, 0.5) is 10.6 Å². The number of fused-ring (bicyclic) bond motifs is 1. The Kier molecular flexibility index (Phi) is 1.35. The molecule has 1 aromatic heterocycles. The number of hydroxylamine groups is 2. The molecule has 0 aliphatic carbocycles. The average molecular weight is 184 g/mol. The van der Waals surface area contributed by atoms with Gasteiger partial charge in [0.25, 0.3) is 0 Å². The summed E-state index contributed by atoms with van der Waals surface area (Å²) in [6.07, 6.45) is 0. The van der Waals surface area contributed by atoms with Crippen LogP contribution in [0.1, 0.15) is 10.5 Å². The summed E-state index contributed by atoms with van der Waals surface area (Å²) in [4.78, 5) is 36.8. The van der Waals surface area contributed by atoms with Gasteiger partial charge < -0.3 is 5.21 Å². The molecule has 13 heavy (non-hydrogen) atoms. The summed E-state index contributed by atoms with van der Waals surface area (Å²) >= 11 is 0. The molecule has 2 heterocycles. The maximum Gasteiger partial charge on any atom is 0.428 e. The molecule has 3 amide bonds. The maximum atomic E-state index is 11.0. The van der Waals surface area contributed by atoms with E-state index in [9.17, 15) is 19.6 Å². The second-order valence-electron chi connectivity index (χ2n) is 2.44. The molecule has 0 bridgehead atoms. The summed E-state index contributed by atoms with van der Waals surface area (Å²) in [7, 11) is 0. The second kappa shape index (κ2) is 2.28. The number of hydrogen-bond donors (Lipinski definition) is 4. The highest BCUT2D eigenvalue weighted by Crippen LogP contribution is 2.07. The third-order valence-corrected chi connectivity index (χ3v) is 1.61. The van der Waals surface area contributed by atoms with E-state index in [0.717, 1.165) is 0 Å². The largest absolute Gasteiger partial charge is 0.617 e. The SMILES string of the molecule is O=C1Nc2[nH]c(=O)[nH]c2C(=O)[NH+]1[O-]. The van der Waals surface area contributed by atoms with Gasteiger partial charge in [-0.1, -0.05) is 0 Å². The van der Waals surface area contributed by atoms with E-state index in [0.29, 0.717) is 0 Å². The van der Waals surface area contributed by atoms with E-state index in [1.165, 1.54) is 0 Å². The van der Waals surface area contributed by atoms with Crippen molar-refractivity contribution in [1.29, 1.82) is 0 Å². The molecule has 8 nitrogen and oxygen atoms in total. The minimum atomic E-state index is -1.18. The Morgan fingerprint density at radius 3 is 2.54 bits per heavy atom. The lowest BCUT2D eigenvalue weighted by Crippen LogP contribution is -3.14. The number of aromatic nitrogens is 2. The van der Waals surface area contributed by atoms with Crippen molar-refractivity contribution in [1.82, 2.24) is 9.97 Å². The molecule has 1 aliphatic heterocycles. The molecule has 0 spiro atoms. The molecule has 1 aliphatic rings. The quantitative estimate of drug-likeness (QED) is 0.341. The highest BCUT2D eigenvalue weighted by Gasteiger charge is 2.33. The van der Waals surface area contributed by atoms with Gasteiger partial charge in [0.2, 0.25) is 0 Å². The first-order valence-electron chi connectivity index (χ1n) is 3.32. The normalized spacial score (nSPS) is 21.2. The van der Waals surface area contributed by atoms with Crippen molar-refractivity contribution in [3.8, 4) is 0 Å². The molecule has 0 saturated heterocycles. The molecule has 4 N–H and O–H groups in total. The Hall–Kier alpha value is -1.93. The summed E-state index contributed by atoms with van der Waals surface area (Å²) in [5.41, 5.74) is -0.844. The third kappa shape index (κ3) is 0.965. The molecular formula is C5H4N4O4. The topological polar surface area (TPSA) is 122 Å². The number of imidazole rings is 1. The summed E-state index contributed by atoms with van der Waals surface area (Å²) in [5.74, 6) is -1.06. The van der Waals surface area contributed by atoms with Gasteiger partial charge in [-0.25, -0.2) is 19.4 Å². The smallest absolute Gasteiger partial charge is 0.428 e. The highest BCUT2D eigenvalue weighted by molar-refractivity contribution is 6.04. The van der Waals surface area contributed by atoms with Crippen molar-refractivity contribution in [2.24, 2.45) is 0 Å².